The van der Waals surface area contributed by atoms with Gasteiger partial charge in [0.2, 0.25) is 5.91 Å². The van der Waals surface area contributed by atoms with E-state index in [2.05, 4.69) is 52.0 Å². The number of aryl methyl sites for hydroxylation is 1. The Kier molecular flexibility index (Phi) is 5.87. The quantitative estimate of drug-likeness (QED) is 0.629. The molecule has 0 spiro atoms. The van der Waals surface area contributed by atoms with Crippen LogP contribution in [0.1, 0.15) is 24.0 Å². The number of benzene rings is 1. The van der Waals surface area contributed by atoms with E-state index >= 15 is 0 Å². The van der Waals surface area contributed by atoms with Crippen molar-refractivity contribution in [3.8, 4) is 0 Å². The van der Waals surface area contributed by atoms with Gasteiger partial charge in [0.15, 0.2) is 0 Å². The van der Waals surface area contributed by atoms with Crippen molar-refractivity contribution in [3.05, 3.63) is 54.0 Å². The van der Waals surface area contributed by atoms with E-state index in [1.807, 2.05) is 16.9 Å². The Balaban J connectivity index is 0.00000210. The van der Waals surface area contributed by atoms with E-state index < -0.39 is 5.54 Å². The molecule has 3 aromatic rings. The van der Waals surface area contributed by atoms with Gasteiger partial charge in [-0.3, -0.25) is 9.48 Å². The monoisotopic (exact) mass is 387 g/mol. The molecule has 3 heterocycles. The summed E-state index contributed by atoms with van der Waals surface area (Å²) in [6.07, 6.45) is 8.01. The number of carbonyl (C=O) groups is 1. The van der Waals surface area contributed by atoms with Gasteiger partial charge >= 0.3 is 0 Å². The summed E-state index contributed by atoms with van der Waals surface area (Å²) in [5.74, 6) is 0.0683. The zero-order chi connectivity index (χ0) is 18.0. The molecule has 7 heteroatoms. The lowest BCUT2D eigenvalue weighted by Gasteiger charge is -2.36. The van der Waals surface area contributed by atoms with E-state index in [1.54, 1.807) is 6.20 Å². The molecule has 0 bridgehead atoms. The van der Waals surface area contributed by atoms with Crippen LogP contribution in [0.4, 0.5) is 0 Å². The summed E-state index contributed by atoms with van der Waals surface area (Å²) in [4.78, 5) is 16.4. The predicted molar refractivity (Wildman–Crippen MR) is 109 cm³/mol. The number of hydrogen-bond acceptors (Lipinski definition) is 3. The summed E-state index contributed by atoms with van der Waals surface area (Å²) in [6.45, 7) is 4.38. The van der Waals surface area contributed by atoms with E-state index in [-0.39, 0.29) is 18.3 Å². The summed E-state index contributed by atoms with van der Waals surface area (Å²) in [7, 11) is 0. The third-order valence-corrected chi connectivity index (χ3v) is 5.49. The summed E-state index contributed by atoms with van der Waals surface area (Å²) >= 11 is 0. The Morgan fingerprint density at radius 3 is 2.85 bits per heavy atom. The van der Waals surface area contributed by atoms with Gasteiger partial charge in [-0.25, -0.2) is 0 Å². The van der Waals surface area contributed by atoms with Crippen molar-refractivity contribution in [1.82, 2.24) is 25.4 Å². The number of hydrogen-bond donors (Lipinski definition) is 3. The molecule has 2 aromatic heterocycles. The van der Waals surface area contributed by atoms with E-state index in [1.165, 1.54) is 22.0 Å². The van der Waals surface area contributed by atoms with Crippen LogP contribution >= 0.6 is 12.4 Å². The van der Waals surface area contributed by atoms with Crippen LogP contribution in [-0.2, 0) is 16.8 Å². The molecule has 1 amide bonds. The van der Waals surface area contributed by atoms with Crippen molar-refractivity contribution in [2.75, 3.05) is 19.6 Å². The lowest BCUT2D eigenvalue weighted by molar-refractivity contribution is -0.131. The zero-order valence-corrected chi connectivity index (χ0v) is 16.3. The molecule has 0 unspecified atom stereocenters. The molecular weight excluding hydrogens is 362 g/mol. The maximum Gasteiger partial charge on any atom is 0.248 e. The fourth-order valence-corrected chi connectivity index (χ4v) is 3.97. The second kappa shape index (κ2) is 8.15. The van der Waals surface area contributed by atoms with Gasteiger partial charge in [-0.1, -0.05) is 18.2 Å². The molecule has 0 aliphatic carbocycles. The Labute approximate surface area is 165 Å². The first-order valence-electron chi connectivity index (χ1n) is 9.25. The molecule has 6 nitrogen and oxygen atoms in total. The highest BCUT2D eigenvalue weighted by Gasteiger charge is 2.41. The molecule has 1 saturated heterocycles. The zero-order valence-electron chi connectivity index (χ0n) is 15.5. The minimum Gasteiger partial charge on any atom is -0.361 e. The first kappa shape index (κ1) is 19.5. The molecule has 144 valence electrons. The van der Waals surface area contributed by atoms with Crippen molar-refractivity contribution in [2.24, 2.45) is 0 Å². The average Bonchev–Trinajstić information content (AvgIpc) is 3.33. The summed E-state index contributed by atoms with van der Waals surface area (Å²) in [6, 6.07) is 8.20. The molecule has 0 radical (unpaired) electrons. The van der Waals surface area contributed by atoms with Gasteiger partial charge in [0.1, 0.15) is 5.54 Å². The molecular formula is C20H26ClN5O. The second-order valence-electron chi connectivity index (χ2n) is 7.05. The molecule has 3 N–H and O–H groups in total. The number of nitrogens with one attached hydrogen (secondary N) is 3. The minimum absolute atomic E-state index is 0. The fraction of sp³-hybridized carbons (Fsp3) is 0.400. The smallest absolute Gasteiger partial charge is 0.248 e. The number of piperidine rings is 1. The van der Waals surface area contributed by atoms with Gasteiger partial charge in [-0.2, -0.15) is 5.10 Å². The second-order valence-corrected chi connectivity index (χ2v) is 7.05. The summed E-state index contributed by atoms with van der Waals surface area (Å²) in [5.41, 5.74) is 3.08. The van der Waals surface area contributed by atoms with Crippen molar-refractivity contribution >= 4 is 29.2 Å². The third-order valence-electron chi connectivity index (χ3n) is 5.49. The van der Waals surface area contributed by atoms with E-state index in [4.69, 9.17) is 0 Å². The molecule has 1 aliphatic heterocycles. The lowest BCUT2D eigenvalue weighted by atomic mass is 9.87. The Bertz CT molecular complexity index is 896. The third kappa shape index (κ3) is 3.59. The highest BCUT2D eigenvalue weighted by Crippen LogP contribution is 2.27. The first-order valence-corrected chi connectivity index (χ1v) is 9.25. The van der Waals surface area contributed by atoms with E-state index in [9.17, 15) is 4.79 Å². The number of aromatic amines is 1. The standard InChI is InChI=1S/C20H25N5O.ClH/c1-15-4-2-5-17-16(14-23-18(15)17)6-10-22-19(26)20(7-11-21-12-8-20)25-13-3-9-24-25;/h2-5,9,13-14,21,23H,6-8,10-12H2,1H3,(H,22,26);1H. The molecule has 0 atom stereocenters. The molecule has 1 aliphatic rings. The van der Waals surface area contributed by atoms with Gasteiger partial charge in [0.05, 0.1) is 0 Å². The first-order chi connectivity index (χ1) is 12.7. The number of halogens is 1. The van der Waals surface area contributed by atoms with Crippen LogP contribution in [0.25, 0.3) is 10.9 Å². The maximum absolute atomic E-state index is 13.1. The van der Waals surface area contributed by atoms with Crippen LogP contribution in [0.2, 0.25) is 0 Å². The molecule has 27 heavy (non-hydrogen) atoms. The van der Waals surface area contributed by atoms with Crippen molar-refractivity contribution in [2.45, 2.75) is 31.7 Å². The lowest BCUT2D eigenvalue weighted by Crippen LogP contribution is -2.54. The van der Waals surface area contributed by atoms with Crippen LogP contribution in [0.15, 0.2) is 42.9 Å². The number of para-hydroxylation sites is 1. The summed E-state index contributed by atoms with van der Waals surface area (Å²) in [5, 5.41) is 12.1. The maximum atomic E-state index is 13.1. The van der Waals surface area contributed by atoms with Crippen molar-refractivity contribution in [3.63, 3.8) is 0 Å². The Hall–Kier alpha value is -2.31. The highest BCUT2D eigenvalue weighted by molar-refractivity contribution is 5.86. The summed E-state index contributed by atoms with van der Waals surface area (Å²) < 4.78 is 1.83. The molecule has 1 fully saturated rings. The number of aromatic nitrogens is 3. The number of nitrogens with zero attached hydrogens (tertiary/aromatic N) is 2. The number of rotatable bonds is 5. The van der Waals surface area contributed by atoms with E-state index in [0.29, 0.717) is 6.54 Å². The number of fused-ring (bicyclic) bond motifs is 1. The van der Waals surface area contributed by atoms with Crippen molar-refractivity contribution < 1.29 is 4.79 Å². The largest absolute Gasteiger partial charge is 0.361 e. The molecule has 1 aromatic carbocycles. The van der Waals surface area contributed by atoms with E-state index in [0.717, 1.165) is 32.4 Å². The van der Waals surface area contributed by atoms with Crippen LogP contribution in [0.5, 0.6) is 0 Å². The van der Waals surface area contributed by atoms with Gasteiger partial charge in [-0.05, 0) is 56.5 Å². The molecule has 4 rings (SSSR count). The predicted octanol–water partition coefficient (Wildman–Crippen LogP) is 2.53. The number of H-pyrrole nitrogens is 1. The van der Waals surface area contributed by atoms with Gasteiger partial charge in [-0.15, -0.1) is 12.4 Å². The minimum atomic E-state index is -0.578. The van der Waals surface area contributed by atoms with Crippen LogP contribution in [-0.4, -0.2) is 40.3 Å². The average molecular weight is 388 g/mol. The van der Waals surface area contributed by atoms with Gasteiger partial charge < -0.3 is 15.6 Å². The number of carbonyl (C=O) groups excluding carboxylic acids is 1. The fourth-order valence-electron chi connectivity index (χ4n) is 3.97. The van der Waals surface area contributed by atoms with Crippen LogP contribution in [0, 0.1) is 6.92 Å². The van der Waals surface area contributed by atoms with Gasteiger partial charge in [0.25, 0.3) is 0 Å². The topological polar surface area (TPSA) is 74.7 Å². The Morgan fingerprint density at radius 1 is 1.30 bits per heavy atom. The normalized spacial score (nSPS) is 16.0. The molecule has 0 saturated carbocycles. The van der Waals surface area contributed by atoms with Crippen LogP contribution in [0.3, 0.4) is 0 Å². The number of amides is 1. The van der Waals surface area contributed by atoms with Gasteiger partial charge in [0, 0.05) is 36.0 Å². The highest BCUT2D eigenvalue weighted by atomic mass is 35.5. The Morgan fingerprint density at radius 2 is 2.11 bits per heavy atom. The van der Waals surface area contributed by atoms with Crippen LogP contribution < -0.4 is 10.6 Å². The SMILES string of the molecule is Cc1cccc2c(CCNC(=O)C3(n4cccn4)CCNCC3)c[nH]c12.Cl. The van der Waals surface area contributed by atoms with Crippen molar-refractivity contribution in [1.29, 1.82) is 0 Å².